The Balaban J connectivity index is 2.83. The van der Waals surface area contributed by atoms with Gasteiger partial charge in [0.05, 0.1) is 11.3 Å². The number of fused-ring (bicyclic) bond motifs is 1. The monoisotopic (exact) mass is 227 g/mol. The van der Waals surface area contributed by atoms with Gasteiger partial charge in [-0.3, -0.25) is 4.79 Å². The Hall–Kier alpha value is -1.65. The zero-order valence-electron chi connectivity index (χ0n) is 10.5. The molecule has 0 fully saturated rings. The van der Waals surface area contributed by atoms with Crippen LogP contribution in [0.4, 0.5) is 0 Å². The quantitative estimate of drug-likeness (QED) is 0.638. The van der Waals surface area contributed by atoms with Crippen molar-refractivity contribution in [3.63, 3.8) is 0 Å². The molecule has 0 bridgehead atoms. The molecule has 0 aliphatic carbocycles. The van der Waals surface area contributed by atoms with Crippen LogP contribution in [0, 0.1) is 6.92 Å². The molecule has 2 aromatic heterocycles. The highest BCUT2D eigenvalue weighted by Crippen LogP contribution is 2.21. The van der Waals surface area contributed by atoms with E-state index in [1.54, 1.807) is 6.92 Å². The van der Waals surface area contributed by atoms with E-state index in [9.17, 15) is 4.79 Å². The molecule has 0 aromatic carbocycles. The van der Waals surface area contributed by atoms with E-state index in [0.717, 1.165) is 10.2 Å². The van der Waals surface area contributed by atoms with Crippen molar-refractivity contribution < 1.29 is 0 Å². The summed E-state index contributed by atoms with van der Waals surface area (Å²) in [5, 5.41) is 0. The molecule has 0 aliphatic heterocycles. The van der Waals surface area contributed by atoms with Gasteiger partial charge in [0.2, 0.25) is 7.98 Å². The minimum atomic E-state index is -0.307. The van der Waals surface area contributed by atoms with Crippen molar-refractivity contribution in [3.8, 4) is 0 Å². The van der Waals surface area contributed by atoms with Crippen molar-refractivity contribution in [2.24, 2.45) is 0 Å². The fraction of sp³-hybridized carbons (Fsp3) is 0.417. The molecule has 0 saturated carbocycles. The molecule has 17 heavy (non-hydrogen) atoms. The summed E-state index contributed by atoms with van der Waals surface area (Å²) < 4.78 is 1.03. The Labute approximate surface area is 101 Å². The summed E-state index contributed by atoms with van der Waals surface area (Å²) in [6, 6.07) is 3.71. The van der Waals surface area contributed by atoms with Crippen molar-refractivity contribution >= 4 is 19.0 Å². The second-order valence-corrected chi connectivity index (χ2v) is 5.15. The molecule has 2 heterocycles. The lowest BCUT2D eigenvalue weighted by molar-refractivity contribution is 0.571. The van der Waals surface area contributed by atoms with Gasteiger partial charge in [-0.15, -0.1) is 0 Å². The van der Waals surface area contributed by atoms with Gasteiger partial charge in [-0.1, -0.05) is 20.8 Å². The first-order chi connectivity index (χ1) is 7.80. The molecule has 86 valence electrons. The van der Waals surface area contributed by atoms with E-state index in [1.165, 1.54) is 0 Å². The van der Waals surface area contributed by atoms with E-state index < -0.39 is 0 Å². The third-order valence-electron chi connectivity index (χ3n) is 2.69. The van der Waals surface area contributed by atoms with Crippen LogP contribution in [-0.2, 0) is 5.41 Å². The zero-order chi connectivity index (χ0) is 12.8. The lowest BCUT2D eigenvalue weighted by Gasteiger charge is -2.17. The highest BCUT2D eigenvalue weighted by molar-refractivity contribution is 6.07. The average molecular weight is 227 g/mol. The number of aryl methyl sites for hydroxylation is 1. The second kappa shape index (κ2) is 3.69. The van der Waals surface area contributed by atoms with Gasteiger partial charge in [0.25, 0.3) is 5.56 Å². The SMILES string of the molecule is [B]n1c(C)nc2ccc(C(C)(C)C)nc2c1=O. The average Bonchev–Trinajstić information content (AvgIpc) is 2.24. The molecule has 5 heteroatoms. The van der Waals surface area contributed by atoms with Crippen LogP contribution in [0.2, 0.25) is 0 Å². The molecule has 0 unspecified atom stereocenters. The van der Waals surface area contributed by atoms with Gasteiger partial charge < -0.3 is 4.48 Å². The summed E-state index contributed by atoms with van der Waals surface area (Å²) in [6.07, 6.45) is 0. The van der Waals surface area contributed by atoms with Gasteiger partial charge in [0, 0.05) is 11.1 Å². The van der Waals surface area contributed by atoms with Crippen LogP contribution in [-0.4, -0.2) is 22.4 Å². The molecule has 2 aromatic rings. The Bertz CT molecular complexity index is 640. The van der Waals surface area contributed by atoms with Gasteiger partial charge in [-0.2, -0.15) is 0 Å². The zero-order valence-corrected chi connectivity index (χ0v) is 10.5. The van der Waals surface area contributed by atoms with Crippen LogP contribution in [0.5, 0.6) is 0 Å². The number of pyridine rings is 1. The van der Waals surface area contributed by atoms with Gasteiger partial charge in [-0.25, -0.2) is 9.97 Å². The van der Waals surface area contributed by atoms with Gasteiger partial charge >= 0.3 is 0 Å². The molecule has 4 nitrogen and oxygen atoms in total. The Morgan fingerprint density at radius 2 is 1.88 bits per heavy atom. The normalized spacial score (nSPS) is 12.0. The van der Waals surface area contributed by atoms with E-state index in [1.807, 2.05) is 32.9 Å². The van der Waals surface area contributed by atoms with Gasteiger partial charge in [0.1, 0.15) is 0 Å². The highest BCUT2D eigenvalue weighted by Gasteiger charge is 2.17. The number of rotatable bonds is 0. The van der Waals surface area contributed by atoms with Crippen molar-refractivity contribution in [3.05, 3.63) is 34.0 Å². The maximum atomic E-state index is 12.0. The summed E-state index contributed by atoms with van der Waals surface area (Å²) in [5.41, 5.74) is 1.35. The molecule has 0 saturated heterocycles. The fourth-order valence-corrected chi connectivity index (χ4v) is 1.61. The van der Waals surface area contributed by atoms with E-state index in [2.05, 4.69) is 9.97 Å². The van der Waals surface area contributed by atoms with Crippen LogP contribution in [0.3, 0.4) is 0 Å². The maximum Gasteiger partial charge on any atom is 0.266 e. The summed E-state index contributed by atoms with van der Waals surface area (Å²) in [7, 11) is 5.61. The van der Waals surface area contributed by atoms with Crippen molar-refractivity contribution in [1.29, 1.82) is 0 Å². The summed E-state index contributed by atoms with van der Waals surface area (Å²) in [6.45, 7) is 7.83. The van der Waals surface area contributed by atoms with E-state index in [0.29, 0.717) is 16.9 Å². The minimum Gasteiger partial charge on any atom is -0.353 e. The second-order valence-electron chi connectivity index (χ2n) is 5.15. The van der Waals surface area contributed by atoms with Crippen molar-refractivity contribution in [2.45, 2.75) is 33.1 Å². The number of hydrogen-bond acceptors (Lipinski definition) is 3. The summed E-state index contributed by atoms with van der Waals surface area (Å²) >= 11 is 0. The molecule has 0 aliphatic rings. The third-order valence-corrected chi connectivity index (χ3v) is 2.69. The smallest absolute Gasteiger partial charge is 0.266 e. The molecule has 2 rings (SSSR count). The number of nitrogens with zero attached hydrogens (tertiary/aromatic N) is 3. The van der Waals surface area contributed by atoms with Gasteiger partial charge in [-0.05, 0) is 19.1 Å². The van der Waals surface area contributed by atoms with E-state index >= 15 is 0 Å². The molecule has 0 spiro atoms. The Morgan fingerprint density at radius 3 is 2.47 bits per heavy atom. The topological polar surface area (TPSA) is 47.8 Å². The van der Waals surface area contributed by atoms with Crippen LogP contribution < -0.4 is 5.56 Å². The molecule has 0 N–H and O–H groups in total. The molecular weight excluding hydrogens is 213 g/mol. The molecule has 0 atom stereocenters. The van der Waals surface area contributed by atoms with Gasteiger partial charge in [0.15, 0.2) is 5.52 Å². The predicted molar refractivity (Wildman–Crippen MR) is 68.4 cm³/mol. The predicted octanol–water partition coefficient (Wildman–Crippen LogP) is 1.33. The summed E-state index contributed by atoms with van der Waals surface area (Å²) in [5.74, 6) is 0.479. The van der Waals surface area contributed by atoms with E-state index in [4.69, 9.17) is 7.98 Å². The third kappa shape index (κ3) is 1.97. The standard InChI is InChI=1S/C12H14BN3O/c1-7-14-8-5-6-9(12(2,3)4)15-10(8)11(17)16(7)13/h5-6H,1-4H3. The van der Waals surface area contributed by atoms with Crippen molar-refractivity contribution in [1.82, 2.24) is 14.4 Å². The molecular formula is C12H14BN3O. The molecule has 0 amide bonds. The largest absolute Gasteiger partial charge is 0.353 e. The first-order valence-electron chi connectivity index (χ1n) is 5.46. The first-order valence-corrected chi connectivity index (χ1v) is 5.46. The first kappa shape index (κ1) is 11.8. The van der Waals surface area contributed by atoms with Crippen LogP contribution in [0.15, 0.2) is 16.9 Å². The minimum absolute atomic E-state index is 0.106. The highest BCUT2D eigenvalue weighted by atomic mass is 16.1. The Morgan fingerprint density at radius 1 is 1.24 bits per heavy atom. The molecule has 2 radical (unpaired) electrons. The fourth-order valence-electron chi connectivity index (χ4n) is 1.61. The van der Waals surface area contributed by atoms with Crippen LogP contribution in [0.25, 0.3) is 11.0 Å². The van der Waals surface area contributed by atoms with Crippen LogP contribution in [0.1, 0.15) is 32.3 Å². The van der Waals surface area contributed by atoms with E-state index in [-0.39, 0.29) is 11.0 Å². The van der Waals surface area contributed by atoms with Crippen LogP contribution >= 0.6 is 0 Å². The summed E-state index contributed by atoms with van der Waals surface area (Å²) in [4.78, 5) is 20.6. The lowest BCUT2D eigenvalue weighted by Crippen LogP contribution is -2.24. The number of hydrogen-bond donors (Lipinski definition) is 0. The lowest BCUT2D eigenvalue weighted by atomic mass is 9.91. The number of aromatic nitrogens is 3. The Kier molecular flexibility index (Phi) is 2.56. The maximum absolute atomic E-state index is 12.0. The van der Waals surface area contributed by atoms with Crippen molar-refractivity contribution in [2.75, 3.05) is 0 Å².